The van der Waals surface area contributed by atoms with Crippen LogP contribution in [0.25, 0.3) is 0 Å². The maximum Gasteiger partial charge on any atom is 0.201 e. The van der Waals surface area contributed by atoms with Crippen molar-refractivity contribution in [2.45, 2.75) is 167 Å². The smallest absolute Gasteiger partial charge is 0.201 e. The molecule has 10 fully saturated rings. The summed E-state index contributed by atoms with van der Waals surface area (Å²) in [5.74, 6) is 1.76. The maximum atomic E-state index is 6.76. The Labute approximate surface area is 310 Å². The van der Waals surface area contributed by atoms with Gasteiger partial charge < -0.3 is 28.4 Å². The van der Waals surface area contributed by atoms with Gasteiger partial charge in [0.25, 0.3) is 0 Å². The summed E-state index contributed by atoms with van der Waals surface area (Å²) in [6.45, 7) is 15.7. The highest BCUT2D eigenvalue weighted by Crippen LogP contribution is 2.62. The van der Waals surface area contributed by atoms with Crippen molar-refractivity contribution in [3.05, 3.63) is 35.4 Å². The van der Waals surface area contributed by atoms with Crippen molar-refractivity contribution >= 4 is 0 Å². The van der Waals surface area contributed by atoms with Crippen LogP contribution < -0.4 is 0 Å². The highest BCUT2D eigenvalue weighted by molar-refractivity contribution is 5.22. The molecule has 2 saturated carbocycles. The number of hydrogen-bond donors (Lipinski definition) is 0. The first kappa shape index (κ1) is 36.5. The molecule has 0 aromatic heterocycles. The zero-order valence-electron chi connectivity index (χ0n) is 32.2. The Morgan fingerprint density at radius 1 is 0.596 bits per heavy atom. The largest absolute Gasteiger partial charge is 0.377 e. The van der Waals surface area contributed by atoms with Gasteiger partial charge in [-0.15, -0.1) is 0 Å². The quantitative estimate of drug-likeness (QED) is 0.175. The van der Waals surface area contributed by atoms with Gasteiger partial charge in [-0.25, -0.2) is 19.6 Å². The lowest BCUT2D eigenvalue weighted by molar-refractivity contribution is -0.571. The van der Waals surface area contributed by atoms with E-state index < -0.39 is 35.4 Å². The maximum absolute atomic E-state index is 6.76. The normalized spacial score (nSPS) is 50.6. The second kappa shape index (κ2) is 13.8. The summed E-state index contributed by atoms with van der Waals surface area (Å²) in [5, 5.41) is 0. The van der Waals surface area contributed by atoms with E-state index in [1.54, 1.807) is 0 Å². The third-order valence-electron chi connectivity index (χ3n) is 15.2. The predicted octanol–water partition coefficient (Wildman–Crippen LogP) is 8.00. The second-order valence-electron chi connectivity index (χ2n) is 18.4. The molecule has 0 amide bonds. The first-order valence-corrected chi connectivity index (χ1v) is 20.7. The molecule has 52 heavy (non-hydrogen) atoms. The molecule has 2 spiro atoms. The van der Waals surface area contributed by atoms with Crippen molar-refractivity contribution in [3.8, 4) is 0 Å². The molecule has 1 aromatic rings. The van der Waals surface area contributed by atoms with Gasteiger partial charge in [-0.2, -0.15) is 0 Å². The van der Waals surface area contributed by atoms with Crippen LogP contribution in [0.3, 0.4) is 0 Å². The minimum Gasteiger partial charge on any atom is -0.377 e. The van der Waals surface area contributed by atoms with Crippen molar-refractivity contribution in [2.75, 3.05) is 13.2 Å². The van der Waals surface area contributed by atoms with Crippen LogP contribution in [0.2, 0.25) is 0 Å². The molecule has 0 unspecified atom stereocenters. The molecule has 11 rings (SSSR count). The number of ether oxygens (including phenoxy) is 6. The molecule has 0 radical (unpaired) electrons. The van der Waals surface area contributed by atoms with Gasteiger partial charge in [0.2, 0.25) is 11.6 Å². The fraction of sp³-hybridized carbons (Fsp3) is 0.857. The first-order valence-electron chi connectivity index (χ1n) is 20.7. The van der Waals surface area contributed by atoms with E-state index >= 15 is 0 Å². The van der Waals surface area contributed by atoms with E-state index in [-0.39, 0.29) is 12.2 Å². The molecule has 4 bridgehead atoms. The van der Waals surface area contributed by atoms with Gasteiger partial charge in [-0.05, 0) is 112 Å². The molecule has 16 atom stereocenters. The molecule has 8 saturated heterocycles. The van der Waals surface area contributed by atoms with E-state index in [2.05, 4.69) is 52.0 Å². The third-order valence-corrected chi connectivity index (χ3v) is 15.2. The monoisotopic (exact) mass is 726 g/mol. The van der Waals surface area contributed by atoms with E-state index in [1.807, 2.05) is 13.8 Å². The van der Waals surface area contributed by atoms with Gasteiger partial charge in [-0.1, -0.05) is 52.0 Å². The van der Waals surface area contributed by atoms with E-state index in [0.717, 1.165) is 62.5 Å². The van der Waals surface area contributed by atoms with Crippen LogP contribution in [0, 0.1) is 47.3 Å². The topological polar surface area (TPSA) is 92.3 Å². The van der Waals surface area contributed by atoms with Crippen LogP contribution in [0.15, 0.2) is 24.3 Å². The molecule has 10 heteroatoms. The summed E-state index contributed by atoms with van der Waals surface area (Å²) in [7, 11) is 0. The van der Waals surface area contributed by atoms with E-state index in [1.165, 1.54) is 12.8 Å². The van der Waals surface area contributed by atoms with Gasteiger partial charge in [0, 0.05) is 37.9 Å². The van der Waals surface area contributed by atoms with Crippen molar-refractivity contribution in [1.29, 1.82) is 0 Å². The highest BCUT2D eigenvalue weighted by atomic mass is 17.3. The fourth-order valence-electron chi connectivity index (χ4n) is 12.2. The summed E-state index contributed by atoms with van der Waals surface area (Å²) < 4.78 is 39.1. The Morgan fingerprint density at radius 3 is 1.52 bits per heavy atom. The van der Waals surface area contributed by atoms with Crippen molar-refractivity contribution in [1.82, 2.24) is 0 Å². The molecular formula is C42H62O10. The molecule has 8 heterocycles. The van der Waals surface area contributed by atoms with Gasteiger partial charge >= 0.3 is 0 Å². The van der Waals surface area contributed by atoms with Gasteiger partial charge in [-0.3, -0.25) is 0 Å². The predicted molar refractivity (Wildman–Crippen MR) is 189 cm³/mol. The molecule has 10 nitrogen and oxygen atoms in total. The number of hydrogen-bond acceptors (Lipinski definition) is 10. The standard InChI is InChI=1S/C42H62O10/c1-25-10-12-33-27(3)35(45-37-41(33)31(25)14-18-39(5,47-37)49-51-41)16-20-43-23-29-8-7-9-30(22-29)24-44-21-17-36-28(4)34-13-11-26(2)32-15-19-40(6)48-38(46-36)42(32,34)52-50-40/h7-9,22,25-28,31-38H,10-21,23-24H2,1-6H3/t25-,26-,27-,28-,31+,32+,33+,34+,35-,36-,37-,38-,39-,40+,41-,42-/m1/s1. The van der Waals surface area contributed by atoms with Crippen LogP contribution >= 0.6 is 0 Å². The van der Waals surface area contributed by atoms with Gasteiger partial charge in [0.15, 0.2) is 23.8 Å². The summed E-state index contributed by atoms with van der Waals surface area (Å²) >= 11 is 0. The van der Waals surface area contributed by atoms with Crippen molar-refractivity contribution in [2.24, 2.45) is 47.3 Å². The lowest BCUT2D eigenvalue weighted by Gasteiger charge is -2.60. The fourth-order valence-corrected chi connectivity index (χ4v) is 12.2. The van der Waals surface area contributed by atoms with E-state index in [9.17, 15) is 0 Å². The molecule has 290 valence electrons. The average Bonchev–Trinajstić information content (AvgIpc) is 3.50. The summed E-state index contributed by atoms with van der Waals surface area (Å²) in [6.07, 6.45) is 9.37. The molecular weight excluding hydrogens is 664 g/mol. The molecule has 8 aliphatic heterocycles. The van der Waals surface area contributed by atoms with Gasteiger partial charge in [0.1, 0.15) is 0 Å². The Bertz CT molecular complexity index is 1340. The van der Waals surface area contributed by atoms with Gasteiger partial charge in [0.05, 0.1) is 25.4 Å². The molecule has 2 aliphatic carbocycles. The van der Waals surface area contributed by atoms with Crippen LogP contribution in [-0.4, -0.2) is 60.8 Å². The Hall–Kier alpha value is -1.18. The van der Waals surface area contributed by atoms with Crippen molar-refractivity contribution in [3.63, 3.8) is 0 Å². The van der Waals surface area contributed by atoms with Crippen molar-refractivity contribution < 1.29 is 48.0 Å². The molecule has 0 N–H and O–H groups in total. The lowest BCUT2D eigenvalue weighted by atomic mass is 9.57. The first-order chi connectivity index (χ1) is 25.0. The highest BCUT2D eigenvalue weighted by Gasteiger charge is 2.70. The zero-order chi connectivity index (χ0) is 35.9. The Morgan fingerprint density at radius 2 is 1.06 bits per heavy atom. The van der Waals surface area contributed by atoms with Crippen LogP contribution in [0.1, 0.15) is 117 Å². The number of rotatable bonds is 10. The molecule has 1 aromatic carbocycles. The van der Waals surface area contributed by atoms with E-state index in [4.69, 9.17) is 48.0 Å². The van der Waals surface area contributed by atoms with Crippen LogP contribution in [0.5, 0.6) is 0 Å². The SMILES string of the molecule is C[C@H]1[C@@H](CCOCc2cccc(COCC[C@H]3O[C@@H]4O[C@]5(C)CC[C@H]6[C@H](C)CC[C@@H]([C@H]3C)[C@@]46OO5)c2)O[C@@H]2O[C@@]3(C)CC[C@H]4[C@H](C)CC[C@@H]1[C@@]24OO3. The Balaban J connectivity index is 0.754. The lowest BCUT2D eigenvalue weighted by Crippen LogP contribution is -2.70. The van der Waals surface area contributed by atoms with Crippen LogP contribution in [0.4, 0.5) is 0 Å². The van der Waals surface area contributed by atoms with E-state index in [0.29, 0.717) is 73.8 Å². The number of fused-ring (bicyclic) bond motifs is 4. The third kappa shape index (κ3) is 5.96. The average molecular weight is 727 g/mol. The Kier molecular flexibility index (Phi) is 9.66. The summed E-state index contributed by atoms with van der Waals surface area (Å²) in [6, 6.07) is 8.55. The summed E-state index contributed by atoms with van der Waals surface area (Å²) in [4.78, 5) is 24.6. The van der Waals surface area contributed by atoms with Crippen LogP contribution in [-0.2, 0) is 61.2 Å². The zero-order valence-corrected chi connectivity index (χ0v) is 32.2. The minimum atomic E-state index is -0.746. The second-order valence-corrected chi connectivity index (χ2v) is 18.4. The minimum absolute atomic E-state index is 0.0543. The summed E-state index contributed by atoms with van der Waals surface area (Å²) in [5.41, 5.74) is 1.27. The number of benzene rings is 1. The molecule has 10 aliphatic rings.